The Kier molecular flexibility index (Phi) is 5.30. The van der Waals surface area contributed by atoms with Crippen LogP contribution in [-0.2, 0) is 16.5 Å². The number of rotatable bonds is 5. The number of ether oxygens (including phenoxy) is 2. The van der Waals surface area contributed by atoms with Crippen molar-refractivity contribution in [2.45, 2.75) is 12.8 Å². The third kappa shape index (κ3) is 4.10. The molecule has 0 spiro atoms. The van der Waals surface area contributed by atoms with E-state index in [0.717, 1.165) is 58.9 Å². The maximum absolute atomic E-state index is 12.4. The Hall–Kier alpha value is -1.44. The molecule has 2 aliphatic rings. The summed E-state index contributed by atoms with van der Waals surface area (Å²) in [5.74, 6) is -0.0576. The Morgan fingerprint density at radius 1 is 1.26 bits per heavy atom. The van der Waals surface area contributed by atoms with Gasteiger partial charge in [0, 0.05) is 58.1 Å². The van der Waals surface area contributed by atoms with Gasteiger partial charge in [-0.3, -0.25) is 14.4 Å². The van der Waals surface area contributed by atoms with Crippen LogP contribution in [0, 0.1) is 5.41 Å². The molecule has 7 heteroatoms. The first-order chi connectivity index (χ1) is 11.2. The predicted octanol–water partition coefficient (Wildman–Crippen LogP) is 0.279. The molecule has 2 fully saturated rings. The van der Waals surface area contributed by atoms with Crippen molar-refractivity contribution in [1.82, 2.24) is 20.0 Å². The van der Waals surface area contributed by atoms with Crippen molar-refractivity contribution in [2.24, 2.45) is 12.5 Å². The third-order valence-corrected chi connectivity index (χ3v) is 4.89. The second-order valence-electron chi connectivity index (χ2n) is 6.52. The van der Waals surface area contributed by atoms with Crippen LogP contribution in [0.25, 0.3) is 0 Å². The number of hydrogen-bond donors (Lipinski definition) is 1. The fourth-order valence-electron chi connectivity index (χ4n) is 3.38. The molecule has 23 heavy (non-hydrogen) atoms. The minimum atomic E-state index is -0.0576. The fraction of sp³-hybridized carbons (Fsp3) is 0.750. The molecule has 1 aromatic heterocycles. The molecule has 0 unspecified atom stereocenters. The second kappa shape index (κ2) is 7.42. The summed E-state index contributed by atoms with van der Waals surface area (Å²) in [7, 11) is 1.78. The first kappa shape index (κ1) is 16.4. The van der Waals surface area contributed by atoms with Crippen molar-refractivity contribution in [3.05, 3.63) is 18.0 Å². The molecule has 1 amide bonds. The van der Waals surface area contributed by atoms with Crippen LogP contribution in [0.2, 0.25) is 0 Å². The van der Waals surface area contributed by atoms with E-state index in [1.54, 1.807) is 24.0 Å². The van der Waals surface area contributed by atoms with Crippen LogP contribution in [0.1, 0.15) is 23.3 Å². The Morgan fingerprint density at radius 3 is 2.61 bits per heavy atom. The average Bonchev–Trinajstić information content (AvgIpc) is 3.01. The van der Waals surface area contributed by atoms with Crippen LogP contribution >= 0.6 is 0 Å². The Morgan fingerprint density at radius 2 is 1.96 bits per heavy atom. The molecule has 7 nitrogen and oxygen atoms in total. The predicted molar refractivity (Wildman–Crippen MR) is 85.3 cm³/mol. The molecule has 0 atom stereocenters. The zero-order valence-corrected chi connectivity index (χ0v) is 13.8. The van der Waals surface area contributed by atoms with Crippen LogP contribution in [-0.4, -0.2) is 73.2 Å². The van der Waals surface area contributed by atoms with E-state index in [9.17, 15) is 4.79 Å². The molecule has 0 saturated carbocycles. The molecule has 0 bridgehead atoms. The van der Waals surface area contributed by atoms with Crippen molar-refractivity contribution >= 4 is 5.91 Å². The SMILES string of the molecule is Cn1nccc1C(=O)NCC1(CN2CCOCC2)CCOCC1. The lowest BCUT2D eigenvalue weighted by atomic mass is 9.79. The lowest BCUT2D eigenvalue weighted by Gasteiger charge is -2.42. The van der Waals surface area contributed by atoms with Gasteiger partial charge in [0.1, 0.15) is 5.69 Å². The van der Waals surface area contributed by atoms with Gasteiger partial charge < -0.3 is 14.8 Å². The van der Waals surface area contributed by atoms with E-state index in [-0.39, 0.29) is 11.3 Å². The number of hydrogen-bond acceptors (Lipinski definition) is 5. The van der Waals surface area contributed by atoms with Gasteiger partial charge in [-0.1, -0.05) is 0 Å². The summed E-state index contributed by atoms with van der Waals surface area (Å²) in [6, 6.07) is 1.74. The summed E-state index contributed by atoms with van der Waals surface area (Å²) in [5.41, 5.74) is 0.683. The normalized spacial score (nSPS) is 22.0. The number of nitrogens with zero attached hydrogens (tertiary/aromatic N) is 3. The van der Waals surface area contributed by atoms with Gasteiger partial charge in [-0.2, -0.15) is 5.10 Å². The van der Waals surface area contributed by atoms with Crippen molar-refractivity contribution in [3.63, 3.8) is 0 Å². The maximum Gasteiger partial charge on any atom is 0.269 e. The van der Waals surface area contributed by atoms with Crippen LogP contribution in [0.15, 0.2) is 12.3 Å². The summed E-state index contributed by atoms with van der Waals surface area (Å²) in [5, 5.41) is 7.17. The van der Waals surface area contributed by atoms with Crippen LogP contribution < -0.4 is 5.32 Å². The Balaban J connectivity index is 1.61. The molecular weight excluding hydrogens is 296 g/mol. The number of aromatic nitrogens is 2. The molecule has 1 aromatic rings. The van der Waals surface area contributed by atoms with Crippen molar-refractivity contribution in [2.75, 3.05) is 52.6 Å². The van der Waals surface area contributed by atoms with E-state index in [0.29, 0.717) is 12.2 Å². The molecule has 128 valence electrons. The van der Waals surface area contributed by atoms with E-state index >= 15 is 0 Å². The molecule has 3 heterocycles. The van der Waals surface area contributed by atoms with Gasteiger partial charge in [0.05, 0.1) is 13.2 Å². The molecule has 2 aliphatic heterocycles. The maximum atomic E-state index is 12.4. The number of amides is 1. The highest BCUT2D eigenvalue weighted by atomic mass is 16.5. The zero-order valence-electron chi connectivity index (χ0n) is 13.8. The topological polar surface area (TPSA) is 68.6 Å². The highest BCUT2D eigenvalue weighted by molar-refractivity contribution is 5.92. The van der Waals surface area contributed by atoms with Crippen LogP contribution in [0.5, 0.6) is 0 Å². The number of carbonyl (C=O) groups is 1. The largest absolute Gasteiger partial charge is 0.381 e. The molecular formula is C16H26N4O3. The fourth-order valence-corrected chi connectivity index (χ4v) is 3.38. The van der Waals surface area contributed by atoms with Crippen molar-refractivity contribution < 1.29 is 14.3 Å². The molecule has 0 aliphatic carbocycles. The first-order valence-electron chi connectivity index (χ1n) is 8.33. The summed E-state index contributed by atoms with van der Waals surface area (Å²) < 4.78 is 12.6. The van der Waals surface area contributed by atoms with Gasteiger partial charge in [0.15, 0.2) is 0 Å². The zero-order chi connectivity index (χ0) is 16.1. The lowest BCUT2D eigenvalue weighted by molar-refractivity contribution is -0.0283. The third-order valence-electron chi connectivity index (χ3n) is 4.89. The molecule has 1 N–H and O–H groups in total. The van der Waals surface area contributed by atoms with Gasteiger partial charge >= 0.3 is 0 Å². The summed E-state index contributed by atoms with van der Waals surface area (Å²) >= 11 is 0. The van der Waals surface area contributed by atoms with Gasteiger partial charge in [-0.25, -0.2) is 0 Å². The number of carbonyl (C=O) groups excluding carboxylic acids is 1. The standard InChI is InChI=1S/C16H26N4O3/c1-19-14(2-5-18-19)15(21)17-12-16(3-8-22-9-4-16)13-20-6-10-23-11-7-20/h2,5H,3-4,6-13H2,1H3,(H,17,21). The number of aryl methyl sites for hydroxylation is 1. The van der Waals surface area contributed by atoms with Gasteiger partial charge in [-0.15, -0.1) is 0 Å². The molecule has 0 aromatic carbocycles. The van der Waals surface area contributed by atoms with Crippen molar-refractivity contribution in [1.29, 1.82) is 0 Å². The van der Waals surface area contributed by atoms with Crippen LogP contribution in [0.3, 0.4) is 0 Å². The average molecular weight is 322 g/mol. The smallest absolute Gasteiger partial charge is 0.269 e. The van der Waals surface area contributed by atoms with Gasteiger partial charge in [0.2, 0.25) is 0 Å². The second-order valence-corrected chi connectivity index (χ2v) is 6.52. The Bertz CT molecular complexity index is 519. The quantitative estimate of drug-likeness (QED) is 0.843. The van der Waals surface area contributed by atoms with Gasteiger partial charge in [0.25, 0.3) is 5.91 Å². The van der Waals surface area contributed by atoms with E-state index in [1.807, 2.05) is 0 Å². The summed E-state index contributed by atoms with van der Waals surface area (Å²) in [6.07, 6.45) is 3.61. The molecule has 3 rings (SSSR count). The lowest BCUT2D eigenvalue weighted by Crippen LogP contribution is -2.51. The minimum absolute atomic E-state index is 0.0576. The number of morpholine rings is 1. The summed E-state index contributed by atoms with van der Waals surface area (Å²) in [4.78, 5) is 14.8. The Labute approximate surface area is 136 Å². The first-order valence-corrected chi connectivity index (χ1v) is 8.33. The van der Waals surface area contributed by atoms with Crippen molar-refractivity contribution in [3.8, 4) is 0 Å². The van der Waals surface area contributed by atoms with Crippen LogP contribution in [0.4, 0.5) is 0 Å². The molecule has 2 saturated heterocycles. The number of nitrogens with one attached hydrogen (secondary N) is 1. The van der Waals surface area contributed by atoms with E-state index in [1.165, 1.54) is 0 Å². The molecule has 0 radical (unpaired) electrons. The van der Waals surface area contributed by atoms with E-state index in [4.69, 9.17) is 9.47 Å². The van der Waals surface area contributed by atoms with E-state index < -0.39 is 0 Å². The summed E-state index contributed by atoms with van der Waals surface area (Å²) in [6.45, 7) is 6.75. The monoisotopic (exact) mass is 322 g/mol. The van der Waals surface area contributed by atoms with E-state index in [2.05, 4.69) is 15.3 Å². The highest BCUT2D eigenvalue weighted by Crippen LogP contribution is 2.31. The highest BCUT2D eigenvalue weighted by Gasteiger charge is 2.35. The minimum Gasteiger partial charge on any atom is -0.381 e. The van der Waals surface area contributed by atoms with Gasteiger partial charge in [-0.05, 0) is 18.9 Å².